The largest absolute Gasteiger partial charge is 0.373 e. The molecule has 0 aromatic heterocycles. The summed E-state index contributed by atoms with van der Waals surface area (Å²) in [6, 6.07) is 2.97. The van der Waals surface area contributed by atoms with E-state index < -0.39 is 22.8 Å². The van der Waals surface area contributed by atoms with Crippen molar-refractivity contribution in [2.45, 2.75) is 38.5 Å². The molecule has 0 spiro atoms. The number of hydrogen-bond donors (Lipinski definition) is 2. The van der Waals surface area contributed by atoms with E-state index in [9.17, 15) is 9.59 Å². The zero-order valence-corrected chi connectivity index (χ0v) is 14.3. The first kappa shape index (κ1) is 19.6. The minimum atomic E-state index is -1.14. The predicted octanol–water partition coefficient (Wildman–Crippen LogP) is 3.87. The van der Waals surface area contributed by atoms with E-state index in [0.717, 1.165) is 0 Å². The lowest BCUT2D eigenvalue weighted by atomic mass is 9.70. The fourth-order valence-corrected chi connectivity index (χ4v) is 2.50. The highest BCUT2D eigenvalue weighted by Crippen LogP contribution is 2.39. The first-order valence-corrected chi connectivity index (χ1v) is 7.24. The summed E-state index contributed by atoms with van der Waals surface area (Å²) in [5, 5.41) is 17.6. The van der Waals surface area contributed by atoms with Gasteiger partial charge in [-0.3, -0.25) is 9.78 Å². The Hall–Kier alpha value is -2.44. The lowest BCUT2D eigenvalue weighted by Crippen LogP contribution is -2.29. The third-order valence-corrected chi connectivity index (χ3v) is 4.15. The van der Waals surface area contributed by atoms with Crippen LogP contribution in [0, 0.1) is 0 Å². The van der Waals surface area contributed by atoms with Crippen LogP contribution in [-0.2, 0) is 20.6 Å². The first-order valence-electron chi connectivity index (χ1n) is 7.24. The number of benzene rings is 1. The maximum absolute atomic E-state index is 12.2. The average molecular weight is 334 g/mol. The number of carbonyl (C=O) groups is 2. The molecule has 0 atom stereocenters. The second kappa shape index (κ2) is 6.98. The summed E-state index contributed by atoms with van der Waals surface area (Å²) in [5.41, 5.74) is -0.632. The highest BCUT2D eigenvalue weighted by atomic mass is 17.1. The maximum atomic E-state index is 12.2. The molecular weight excluding hydrogens is 312 g/mol. The number of carbonyl (C=O) groups excluding carboxylic acids is 2. The molecule has 130 valence electrons. The molecule has 1 aromatic carbocycles. The molecule has 0 heterocycles. The van der Waals surface area contributed by atoms with Gasteiger partial charge < -0.3 is 0 Å². The second-order valence-electron chi connectivity index (χ2n) is 6.52. The molecule has 2 N–H and O–H groups in total. The van der Waals surface area contributed by atoms with Gasteiger partial charge in [-0.05, 0) is 17.2 Å². The molecule has 6 heteroatoms. The van der Waals surface area contributed by atoms with Gasteiger partial charge in [-0.25, -0.2) is 9.59 Å². The fourth-order valence-electron chi connectivity index (χ4n) is 2.50. The molecule has 0 amide bonds. The van der Waals surface area contributed by atoms with Gasteiger partial charge in [0.15, 0.2) is 0 Å². The van der Waals surface area contributed by atoms with Gasteiger partial charge in [-0.15, -0.1) is 13.2 Å². The Morgan fingerprint density at radius 3 is 1.88 bits per heavy atom. The Morgan fingerprint density at radius 1 is 0.958 bits per heavy atom. The summed E-state index contributed by atoms with van der Waals surface area (Å²) < 4.78 is 0. The zero-order chi connectivity index (χ0) is 18.7. The second-order valence-corrected chi connectivity index (χ2v) is 6.52. The molecule has 0 aliphatic carbocycles. The van der Waals surface area contributed by atoms with Gasteiger partial charge in [-0.1, -0.05) is 45.9 Å². The van der Waals surface area contributed by atoms with Gasteiger partial charge in [0.2, 0.25) is 0 Å². The minimum Gasteiger partial charge on any atom is -0.295 e. The van der Waals surface area contributed by atoms with Crippen molar-refractivity contribution in [3.63, 3.8) is 0 Å². The lowest BCUT2D eigenvalue weighted by molar-refractivity contribution is -0.185. The van der Waals surface area contributed by atoms with Crippen molar-refractivity contribution in [3.05, 3.63) is 59.7 Å². The molecule has 0 unspecified atom stereocenters. The van der Waals surface area contributed by atoms with Crippen molar-refractivity contribution < 1.29 is 29.9 Å². The summed E-state index contributed by atoms with van der Waals surface area (Å²) >= 11 is 0. The highest BCUT2D eigenvalue weighted by molar-refractivity contribution is 6.04. The van der Waals surface area contributed by atoms with Crippen molar-refractivity contribution in [3.8, 4) is 0 Å². The van der Waals surface area contributed by atoms with Crippen LogP contribution in [-0.4, -0.2) is 22.5 Å². The highest BCUT2D eigenvalue weighted by Gasteiger charge is 2.36. The summed E-state index contributed by atoms with van der Waals surface area (Å²) in [4.78, 5) is 31.6. The normalized spacial score (nSPS) is 11.6. The van der Waals surface area contributed by atoms with E-state index in [0.29, 0.717) is 11.1 Å². The van der Waals surface area contributed by atoms with Crippen LogP contribution in [0.15, 0.2) is 37.4 Å². The van der Waals surface area contributed by atoms with Crippen LogP contribution in [0.2, 0.25) is 0 Å². The SMILES string of the molecule is C=CC(C)(C)c1ccc(C(=O)OO)c(C(=O)OO)c1C(C)(C)C=C. The Bertz CT molecular complexity index is 685. The van der Waals surface area contributed by atoms with Crippen LogP contribution in [0.5, 0.6) is 0 Å². The Morgan fingerprint density at radius 2 is 1.46 bits per heavy atom. The average Bonchev–Trinajstić information content (AvgIpc) is 2.58. The van der Waals surface area contributed by atoms with E-state index in [4.69, 9.17) is 10.5 Å². The molecule has 0 saturated carbocycles. The molecule has 6 nitrogen and oxygen atoms in total. The summed E-state index contributed by atoms with van der Waals surface area (Å²) in [7, 11) is 0. The van der Waals surface area contributed by atoms with E-state index in [-0.39, 0.29) is 11.1 Å². The van der Waals surface area contributed by atoms with Crippen LogP contribution in [0.25, 0.3) is 0 Å². The van der Waals surface area contributed by atoms with E-state index in [1.54, 1.807) is 32.1 Å². The Kier molecular flexibility index (Phi) is 5.71. The van der Waals surface area contributed by atoms with Gasteiger partial charge in [-0.2, -0.15) is 10.5 Å². The zero-order valence-electron chi connectivity index (χ0n) is 14.3. The van der Waals surface area contributed by atoms with Crippen LogP contribution >= 0.6 is 0 Å². The summed E-state index contributed by atoms with van der Waals surface area (Å²) in [6.45, 7) is 14.9. The van der Waals surface area contributed by atoms with Gasteiger partial charge in [0.05, 0.1) is 11.1 Å². The van der Waals surface area contributed by atoms with E-state index in [1.807, 2.05) is 13.8 Å². The smallest absolute Gasteiger partial charge is 0.295 e. The van der Waals surface area contributed by atoms with Crippen molar-refractivity contribution in [2.24, 2.45) is 0 Å². The maximum Gasteiger partial charge on any atom is 0.373 e. The first-order chi connectivity index (χ1) is 11.1. The van der Waals surface area contributed by atoms with Gasteiger partial charge in [0.25, 0.3) is 0 Å². The summed E-state index contributed by atoms with van der Waals surface area (Å²) in [6.07, 6.45) is 3.30. The van der Waals surface area contributed by atoms with Crippen LogP contribution < -0.4 is 0 Å². The minimum absolute atomic E-state index is 0.200. The van der Waals surface area contributed by atoms with Crippen LogP contribution in [0.1, 0.15) is 59.5 Å². The van der Waals surface area contributed by atoms with E-state index in [1.165, 1.54) is 6.07 Å². The number of rotatable bonds is 6. The van der Waals surface area contributed by atoms with E-state index in [2.05, 4.69) is 22.9 Å². The topological polar surface area (TPSA) is 93.1 Å². The molecule has 1 rings (SSSR count). The molecule has 0 bridgehead atoms. The Labute approximate surface area is 140 Å². The lowest BCUT2D eigenvalue weighted by Gasteiger charge is -2.33. The standard InChI is InChI=1S/C18H22O6/c1-7-17(3,4)12-10-9-11(15(19)23-21)13(16(20)24-22)14(12)18(5,6)8-2/h7-10,21-22H,1-2H2,3-6H3. The predicted molar refractivity (Wildman–Crippen MR) is 89.0 cm³/mol. The third kappa shape index (κ3) is 3.39. The molecule has 0 aliphatic rings. The molecule has 0 saturated heterocycles. The van der Waals surface area contributed by atoms with Crippen molar-refractivity contribution in [2.75, 3.05) is 0 Å². The molecule has 24 heavy (non-hydrogen) atoms. The molecule has 0 radical (unpaired) electrons. The fraction of sp³-hybridized carbons (Fsp3) is 0.333. The van der Waals surface area contributed by atoms with Crippen LogP contribution in [0.4, 0.5) is 0 Å². The monoisotopic (exact) mass is 334 g/mol. The van der Waals surface area contributed by atoms with Crippen LogP contribution in [0.3, 0.4) is 0 Å². The van der Waals surface area contributed by atoms with Crippen molar-refractivity contribution >= 4 is 11.9 Å². The van der Waals surface area contributed by atoms with E-state index >= 15 is 0 Å². The third-order valence-electron chi connectivity index (χ3n) is 4.15. The van der Waals surface area contributed by atoms with Gasteiger partial charge in [0.1, 0.15) is 0 Å². The molecule has 0 fully saturated rings. The molecule has 0 aliphatic heterocycles. The number of allylic oxidation sites excluding steroid dienone is 2. The Balaban J connectivity index is 4.05. The molecular formula is C18H22O6. The summed E-state index contributed by atoms with van der Waals surface area (Å²) in [5.74, 6) is -2.28. The van der Waals surface area contributed by atoms with Gasteiger partial charge in [0, 0.05) is 10.8 Å². The molecule has 1 aromatic rings. The number of hydrogen-bond acceptors (Lipinski definition) is 6. The quantitative estimate of drug-likeness (QED) is 0.466. The van der Waals surface area contributed by atoms with Crippen molar-refractivity contribution in [1.82, 2.24) is 0 Å². The van der Waals surface area contributed by atoms with Gasteiger partial charge >= 0.3 is 11.9 Å². The van der Waals surface area contributed by atoms with Crippen molar-refractivity contribution in [1.29, 1.82) is 0 Å².